The number of tetrazole rings is 1. The van der Waals surface area contributed by atoms with E-state index in [1.807, 2.05) is 18.2 Å². The quantitative estimate of drug-likeness (QED) is 0.476. The highest BCUT2D eigenvalue weighted by molar-refractivity contribution is 7.99. The van der Waals surface area contributed by atoms with E-state index < -0.39 is 0 Å². The highest BCUT2D eigenvalue weighted by atomic mass is 32.2. The first kappa shape index (κ1) is 16.8. The second-order valence-corrected chi connectivity index (χ2v) is 8.24. The molecular weight excluding hydrogens is 380 g/mol. The predicted molar refractivity (Wildman–Crippen MR) is 104 cm³/mol. The third-order valence-electron chi connectivity index (χ3n) is 4.44. The number of hydrogen-bond acceptors (Lipinski definition) is 8. The van der Waals surface area contributed by atoms with E-state index in [0.29, 0.717) is 6.54 Å². The van der Waals surface area contributed by atoms with Crippen LogP contribution in [0.25, 0.3) is 20.7 Å². The molecule has 5 rings (SSSR count). The zero-order valence-electron chi connectivity index (χ0n) is 14.4. The second-order valence-electron chi connectivity index (χ2n) is 6.25. The van der Waals surface area contributed by atoms with E-state index in [9.17, 15) is 0 Å². The highest BCUT2D eigenvalue weighted by Gasteiger charge is 2.20. The largest absolute Gasteiger partial charge is 0.376 e. The van der Waals surface area contributed by atoms with Crippen LogP contribution in [0.2, 0.25) is 0 Å². The summed E-state index contributed by atoms with van der Waals surface area (Å²) in [4.78, 5) is 11.1. The van der Waals surface area contributed by atoms with Gasteiger partial charge in [-0.2, -0.15) is 0 Å². The first-order valence-electron chi connectivity index (χ1n) is 8.72. The van der Waals surface area contributed by atoms with Crippen molar-refractivity contribution < 1.29 is 4.74 Å². The van der Waals surface area contributed by atoms with Gasteiger partial charge >= 0.3 is 0 Å². The number of aromatic nitrogens is 6. The van der Waals surface area contributed by atoms with Crippen molar-refractivity contribution in [1.82, 2.24) is 30.2 Å². The number of ether oxygens (including phenoxy) is 1. The average Bonchev–Trinajstić information content (AvgIpc) is 3.45. The number of hydrogen-bond donors (Lipinski definition) is 0. The van der Waals surface area contributed by atoms with Crippen molar-refractivity contribution in [3.05, 3.63) is 42.7 Å². The molecule has 27 heavy (non-hydrogen) atoms. The van der Waals surface area contributed by atoms with Crippen LogP contribution in [0, 0.1) is 0 Å². The minimum atomic E-state index is 0.184. The molecule has 1 fully saturated rings. The summed E-state index contributed by atoms with van der Waals surface area (Å²) in [6, 6.07) is 12.5. The molecule has 0 N–H and O–H groups in total. The Morgan fingerprint density at radius 2 is 2.15 bits per heavy atom. The van der Waals surface area contributed by atoms with Gasteiger partial charge in [0.15, 0.2) is 0 Å². The fourth-order valence-electron chi connectivity index (χ4n) is 3.11. The zero-order valence-corrected chi connectivity index (χ0v) is 16.0. The molecule has 0 saturated carbocycles. The molecule has 1 saturated heterocycles. The van der Waals surface area contributed by atoms with Crippen LogP contribution < -0.4 is 0 Å². The van der Waals surface area contributed by atoms with Crippen molar-refractivity contribution in [2.45, 2.75) is 35.7 Å². The molecule has 1 aliphatic heterocycles. The fourth-order valence-corrected chi connectivity index (χ4v) is 5.01. The van der Waals surface area contributed by atoms with E-state index in [4.69, 9.17) is 4.74 Å². The zero-order chi connectivity index (χ0) is 18.1. The summed E-state index contributed by atoms with van der Waals surface area (Å²) in [6.07, 6.45) is 3.93. The lowest BCUT2D eigenvalue weighted by Crippen LogP contribution is -2.16. The first-order chi connectivity index (χ1) is 13.4. The lowest BCUT2D eigenvalue weighted by Gasteiger charge is -2.09. The van der Waals surface area contributed by atoms with Crippen molar-refractivity contribution in [2.75, 3.05) is 6.61 Å². The molecule has 0 aliphatic carbocycles. The van der Waals surface area contributed by atoms with Crippen LogP contribution in [-0.4, -0.2) is 42.9 Å². The van der Waals surface area contributed by atoms with Crippen LogP contribution in [0.5, 0.6) is 0 Å². The fraction of sp³-hybridized carbons (Fsp3) is 0.278. The van der Waals surface area contributed by atoms with Crippen molar-refractivity contribution >= 4 is 33.3 Å². The minimum Gasteiger partial charge on any atom is -0.376 e. The second kappa shape index (κ2) is 7.34. The molecule has 3 aromatic heterocycles. The third-order valence-corrected chi connectivity index (χ3v) is 6.52. The number of benzene rings is 1. The third kappa shape index (κ3) is 3.45. The summed E-state index contributed by atoms with van der Waals surface area (Å²) < 4.78 is 7.51. The first-order valence-corrected chi connectivity index (χ1v) is 10.4. The van der Waals surface area contributed by atoms with E-state index in [-0.39, 0.29) is 6.10 Å². The van der Waals surface area contributed by atoms with Crippen molar-refractivity contribution in [2.24, 2.45) is 0 Å². The molecule has 0 spiro atoms. The molecule has 0 radical (unpaired) electrons. The van der Waals surface area contributed by atoms with Crippen LogP contribution in [0.15, 0.2) is 52.9 Å². The van der Waals surface area contributed by atoms with Gasteiger partial charge in [-0.05, 0) is 46.7 Å². The topological polar surface area (TPSA) is 78.6 Å². The Morgan fingerprint density at radius 3 is 3.00 bits per heavy atom. The summed E-state index contributed by atoms with van der Waals surface area (Å²) in [5, 5.41) is 14.7. The van der Waals surface area contributed by atoms with Gasteiger partial charge in [0.25, 0.3) is 0 Å². The van der Waals surface area contributed by atoms with Gasteiger partial charge in [-0.1, -0.05) is 30.3 Å². The van der Waals surface area contributed by atoms with Crippen LogP contribution >= 0.6 is 23.1 Å². The number of nitrogens with zero attached hydrogens (tertiary/aromatic N) is 6. The van der Waals surface area contributed by atoms with Gasteiger partial charge in [0.2, 0.25) is 5.16 Å². The maximum absolute atomic E-state index is 5.70. The Morgan fingerprint density at radius 1 is 1.22 bits per heavy atom. The van der Waals surface area contributed by atoms with Gasteiger partial charge in [-0.15, -0.1) is 16.4 Å². The molecule has 1 aliphatic rings. The molecule has 4 aromatic rings. The Hall–Kier alpha value is -2.36. The van der Waals surface area contributed by atoms with Gasteiger partial charge < -0.3 is 4.74 Å². The summed E-state index contributed by atoms with van der Waals surface area (Å²) in [5.41, 5.74) is 1.18. The summed E-state index contributed by atoms with van der Waals surface area (Å²) in [5.74, 6) is 0. The van der Waals surface area contributed by atoms with E-state index in [2.05, 4.69) is 43.7 Å². The number of fused-ring (bicyclic) bond motifs is 1. The molecule has 136 valence electrons. The molecule has 4 heterocycles. The maximum atomic E-state index is 5.70. The smallest absolute Gasteiger partial charge is 0.215 e. The normalized spacial score (nSPS) is 17.0. The molecule has 7 nitrogen and oxygen atoms in total. The molecule has 0 bridgehead atoms. The molecule has 0 amide bonds. The highest BCUT2D eigenvalue weighted by Crippen LogP contribution is 2.37. The van der Waals surface area contributed by atoms with Gasteiger partial charge in [0, 0.05) is 16.9 Å². The van der Waals surface area contributed by atoms with Crippen molar-refractivity contribution in [1.29, 1.82) is 0 Å². The molecular formula is C18H16N6OS2. The lowest BCUT2D eigenvalue weighted by molar-refractivity contribution is 0.0912. The molecule has 1 aromatic carbocycles. The SMILES string of the molecule is c1ccc(-c2cc3c(Sc4nnnn4CC4CCCO4)ncnc3s2)cc1. The van der Waals surface area contributed by atoms with Gasteiger partial charge in [-0.3, -0.25) is 0 Å². The Balaban J connectivity index is 1.46. The number of rotatable bonds is 5. The number of thiophene rings is 1. The Bertz CT molecular complexity index is 1060. The van der Waals surface area contributed by atoms with Crippen LogP contribution in [-0.2, 0) is 11.3 Å². The predicted octanol–water partition coefficient (Wildman–Crippen LogP) is 3.68. The van der Waals surface area contributed by atoms with Crippen LogP contribution in [0.3, 0.4) is 0 Å². The Kier molecular flexibility index (Phi) is 4.56. The minimum absolute atomic E-state index is 0.184. The summed E-state index contributed by atoms with van der Waals surface area (Å²) >= 11 is 3.13. The molecule has 1 atom stereocenters. The van der Waals surface area contributed by atoms with E-state index in [1.165, 1.54) is 22.2 Å². The van der Waals surface area contributed by atoms with E-state index in [1.54, 1.807) is 22.3 Å². The van der Waals surface area contributed by atoms with Crippen molar-refractivity contribution in [3.63, 3.8) is 0 Å². The van der Waals surface area contributed by atoms with Gasteiger partial charge in [0.1, 0.15) is 16.2 Å². The lowest BCUT2D eigenvalue weighted by atomic mass is 10.2. The van der Waals surface area contributed by atoms with Crippen LogP contribution in [0.4, 0.5) is 0 Å². The monoisotopic (exact) mass is 396 g/mol. The van der Waals surface area contributed by atoms with E-state index >= 15 is 0 Å². The Labute approximate surface area is 163 Å². The van der Waals surface area contributed by atoms with E-state index in [0.717, 1.165) is 39.8 Å². The summed E-state index contributed by atoms with van der Waals surface area (Å²) in [7, 11) is 0. The van der Waals surface area contributed by atoms with Gasteiger partial charge in [0.05, 0.1) is 12.6 Å². The molecule has 9 heteroatoms. The standard InChI is InChI=1S/C18H16N6OS2/c1-2-5-12(6-3-1)15-9-14-16(26-15)19-11-20-17(14)27-18-21-22-23-24(18)10-13-7-4-8-25-13/h1-3,5-6,9,11,13H,4,7-8,10H2. The van der Waals surface area contributed by atoms with Crippen molar-refractivity contribution in [3.8, 4) is 10.4 Å². The average molecular weight is 397 g/mol. The van der Waals surface area contributed by atoms with Gasteiger partial charge in [-0.25, -0.2) is 14.6 Å². The molecule has 1 unspecified atom stereocenters. The summed E-state index contributed by atoms with van der Waals surface area (Å²) in [6.45, 7) is 1.49. The van der Waals surface area contributed by atoms with Crippen LogP contribution in [0.1, 0.15) is 12.8 Å². The maximum Gasteiger partial charge on any atom is 0.215 e.